The first-order valence-corrected chi connectivity index (χ1v) is 10.5. The van der Waals surface area contributed by atoms with Crippen LogP contribution in [0.2, 0.25) is 0 Å². The number of hydrogen-bond acceptors (Lipinski definition) is 4. The second-order valence-corrected chi connectivity index (χ2v) is 8.07. The van der Waals surface area contributed by atoms with Crippen molar-refractivity contribution in [3.63, 3.8) is 0 Å². The third-order valence-electron chi connectivity index (χ3n) is 6.10. The minimum Gasteiger partial charge on any atom is -0.345 e. The van der Waals surface area contributed by atoms with Gasteiger partial charge in [-0.2, -0.15) is 0 Å². The zero-order valence-electron chi connectivity index (χ0n) is 16.9. The number of hydrogen-bond donors (Lipinski definition) is 3. The van der Waals surface area contributed by atoms with E-state index in [9.17, 15) is 4.79 Å². The lowest BCUT2D eigenvalue weighted by Gasteiger charge is -2.11. The largest absolute Gasteiger partial charge is 0.345 e. The van der Waals surface area contributed by atoms with Gasteiger partial charge in [-0.1, -0.05) is 30.3 Å². The van der Waals surface area contributed by atoms with E-state index in [0.717, 1.165) is 58.5 Å². The van der Waals surface area contributed by atoms with Crippen molar-refractivity contribution in [2.75, 3.05) is 6.54 Å². The number of aromatic nitrogens is 4. The Bertz CT molecular complexity index is 1460. The lowest BCUT2D eigenvalue weighted by atomic mass is 9.98. The predicted molar refractivity (Wildman–Crippen MR) is 123 cm³/mol. The van der Waals surface area contributed by atoms with Crippen molar-refractivity contribution in [1.29, 1.82) is 0 Å². The molecular weight excluding hydrogens is 386 g/mol. The summed E-state index contributed by atoms with van der Waals surface area (Å²) in [6, 6.07) is 18.8. The van der Waals surface area contributed by atoms with Gasteiger partial charge in [0.05, 0.1) is 35.2 Å². The van der Waals surface area contributed by atoms with E-state index >= 15 is 0 Å². The highest BCUT2D eigenvalue weighted by Gasteiger charge is 2.19. The molecular formula is C25H21N5O. The van der Waals surface area contributed by atoms with Gasteiger partial charge in [0.25, 0.3) is 5.56 Å². The Hall–Kier alpha value is -3.77. The van der Waals surface area contributed by atoms with Crippen molar-refractivity contribution in [3.05, 3.63) is 83.3 Å². The number of rotatable bonds is 3. The maximum absolute atomic E-state index is 12.6. The molecule has 0 amide bonds. The first kappa shape index (κ1) is 18.0. The summed E-state index contributed by atoms with van der Waals surface area (Å²) < 4.78 is 0. The minimum atomic E-state index is -0.0786. The Kier molecular flexibility index (Phi) is 4.18. The summed E-state index contributed by atoms with van der Waals surface area (Å²) in [5, 5.41) is 6.36. The molecule has 31 heavy (non-hydrogen) atoms. The van der Waals surface area contributed by atoms with Gasteiger partial charge in [-0.3, -0.25) is 4.79 Å². The van der Waals surface area contributed by atoms with Crippen LogP contribution in [0, 0.1) is 0 Å². The van der Waals surface area contributed by atoms with Gasteiger partial charge in [-0.05, 0) is 65.6 Å². The molecule has 3 aromatic carbocycles. The number of nitrogens with one attached hydrogen (secondary N) is 3. The number of benzene rings is 3. The van der Waals surface area contributed by atoms with Crippen LogP contribution < -0.4 is 10.9 Å². The molecule has 1 aliphatic heterocycles. The Morgan fingerprint density at radius 1 is 0.903 bits per heavy atom. The van der Waals surface area contributed by atoms with Crippen LogP contribution >= 0.6 is 0 Å². The molecule has 0 radical (unpaired) electrons. The van der Waals surface area contributed by atoms with E-state index in [0.29, 0.717) is 5.39 Å². The number of H-pyrrole nitrogens is 2. The molecule has 1 aliphatic rings. The summed E-state index contributed by atoms with van der Waals surface area (Å²) in [4.78, 5) is 27.6. The molecule has 0 spiro atoms. The summed E-state index contributed by atoms with van der Waals surface area (Å²) in [5.74, 6) is 0.733. The van der Waals surface area contributed by atoms with Gasteiger partial charge < -0.3 is 15.3 Å². The Morgan fingerprint density at radius 3 is 2.45 bits per heavy atom. The first-order chi connectivity index (χ1) is 15.2. The van der Waals surface area contributed by atoms with E-state index in [1.165, 1.54) is 5.39 Å². The zero-order valence-corrected chi connectivity index (χ0v) is 16.9. The van der Waals surface area contributed by atoms with Crippen molar-refractivity contribution in [2.24, 2.45) is 0 Å². The lowest BCUT2D eigenvalue weighted by Crippen LogP contribution is -2.20. The van der Waals surface area contributed by atoms with Crippen LogP contribution in [0.15, 0.2) is 71.9 Å². The van der Waals surface area contributed by atoms with Crippen LogP contribution in [-0.4, -0.2) is 26.5 Å². The summed E-state index contributed by atoms with van der Waals surface area (Å²) in [5.41, 5.74) is 4.93. The monoisotopic (exact) mass is 407 g/mol. The fraction of sp³-hybridized carbons (Fsp3) is 0.160. The van der Waals surface area contributed by atoms with Crippen molar-refractivity contribution in [3.8, 4) is 22.4 Å². The molecule has 6 rings (SSSR count). The summed E-state index contributed by atoms with van der Waals surface area (Å²) in [6.45, 7) is 0.964. The van der Waals surface area contributed by atoms with Crippen LogP contribution in [0.4, 0.5) is 0 Å². The standard InChI is InChI=1S/C25H21N5O/c31-25-20-8-7-18(12-22(20)29-24(30-25)21-2-1-9-27-21)16-3-4-17-11-19(6-5-15(17)10-16)23-13-26-14-28-23/h3-8,10-14,21,27H,1-2,9H2,(H,26,28)(H,29,30,31). The predicted octanol–water partition coefficient (Wildman–Crippen LogP) is 4.56. The van der Waals surface area contributed by atoms with Crippen LogP contribution in [-0.2, 0) is 0 Å². The molecule has 1 fully saturated rings. The maximum atomic E-state index is 12.6. The van der Waals surface area contributed by atoms with E-state index in [-0.39, 0.29) is 11.6 Å². The van der Waals surface area contributed by atoms with Crippen molar-refractivity contribution < 1.29 is 0 Å². The van der Waals surface area contributed by atoms with Crippen LogP contribution in [0.1, 0.15) is 24.7 Å². The van der Waals surface area contributed by atoms with Gasteiger partial charge in [-0.15, -0.1) is 0 Å². The number of nitrogens with zero attached hydrogens (tertiary/aromatic N) is 2. The zero-order chi connectivity index (χ0) is 20.8. The maximum Gasteiger partial charge on any atom is 0.258 e. The fourth-order valence-electron chi connectivity index (χ4n) is 4.43. The molecule has 0 aliphatic carbocycles. The topological polar surface area (TPSA) is 86.5 Å². The molecule has 3 N–H and O–H groups in total. The van der Waals surface area contributed by atoms with Gasteiger partial charge >= 0.3 is 0 Å². The highest BCUT2D eigenvalue weighted by atomic mass is 16.1. The smallest absolute Gasteiger partial charge is 0.258 e. The number of fused-ring (bicyclic) bond motifs is 2. The first-order valence-electron chi connectivity index (χ1n) is 10.5. The molecule has 1 atom stereocenters. The molecule has 6 heteroatoms. The van der Waals surface area contributed by atoms with E-state index in [4.69, 9.17) is 4.98 Å². The average Bonchev–Trinajstić information content (AvgIpc) is 3.52. The molecule has 1 saturated heterocycles. The molecule has 1 unspecified atom stereocenters. The minimum absolute atomic E-state index is 0.0786. The van der Waals surface area contributed by atoms with E-state index < -0.39 is 0 Å². The van der Waals surface area contributed by atoms with E-state index in [1.807, 2.05) is 24.4 Å². The molecule has 152 valence electrons. The van der Waals surface area contributed by atoms with Gasteiger partial charge in [0.15, 0.2) is 0 Å². The van der Waals surface area contributed by atoms with Crippen molar-refractivity contribution >= 4 is 21.7 Å². The van der Waals surface area contributed by atoms with Crippen LogP contribution in [0.5, 0.6) is 0 Å². The lowest BCUT2D eigenvalue weighted by molar-refractivity contribution is 0.606. The summed E-state index contributed by atoms with van der Waals surface area (Å²) in [6.07, 6.45) is 5.62. The third kappa shape index (κ3) is 3.21. The van der Waals surface area contributed by atoms with Crippen molar-refractivity contribution in [2.45, 2.75) is 18.9 Å². The fourth-order valence-corrected chi connectivity index (χ4v) is 4.43. The van der Waals surface area contributed by atoms with Gasteiger partial charge in [0, 0.05) is 5.56 Å². The summed E-state index contributed by atoms with van der Waals surface area (Å²) in [7, 11) is 0. The number of imidazole rings is 1. The second-order valence-electron chi connectivity index (χ2n) is 8.07. The van der Waals surface area contributed by atoms with Gasteiger partial charge in [0.2, 0.25) is 0 Å². The quantitative estimate of drug-likeness (QED) is 0.409. The molecule has 2 aromatic heterocycles. The van der Waals surface area contributed by atoms with E-state index in [1.54, 1.807) is 6.33 Å². The molecule has 6 nitrogen and oxygen atoms in total. The second kappa shape index (κ2) is 7.18. The van der Waals surface area contributed by atoms with Crippen LogP contribution in [0.3, 0.4) is 0 Å². The normalized spacial score (nSPS) is 16.3. The SMILES string of the molecule is O=c1[nH]c(C2CCCN2)nc2cc(-c3ccc4cc(-c5cnc[nH]5)ccc4c3)ccc12. The van der Waals surface area contributed by atoms with Gasteiger partial charge in [0.1, 0.15) is 5.82 Å². The average molecular weight is 407 g/mol. The third-order valence-corrected chi connectivity index (χ3v) is 6.10. The highest BCUT2D eigenvalue weighted by Crippen LogP contribution is 2.29. The molecule has 3 heterocycles. The Morgan fingerprint density at radius 2 is 1.68 bits per heavy atom. The molecule has 5 aromatic rings. The van der Waals surface area contributed by atoms with Crippen LogP contribution in [0.25, 0.3) is 44.1 Å². The van der Waals surface area contributed by atoms with E-state index in [2.05, 4.69) is 56.7 Å². The Labute approximate surface area is 178 Å². The van der Waals surface area contributed by atoms with Gasteiger partial charge in [-0.25, -0.2) is 9.97 Å². The number of aromatic amines is 2. The van der Waals surface area contributed by atoms with Crippen molar-refractivity contribution in [1.82, 2.24) is 25.3 Å². The Balaban J connectivity index is 1.41. The molecule has 0 saturated carbocycles. The molecule has 0 bridgehead atoms. The highest BCUT2D eigenvalue weighted by molar-refractivity contribution is 5.92. The summed E-state index contributed by atoms with van der Waals surface area (Å²) >= 11 is 0.